The molecule has 140 valence electrons. The second-order valence-electron chi connectivity index (χ2n) is 6.52. The molecule has 28 heavy (non-hydrogen) atoms. The number of ketones is 1. The maximum absolute atomic E-state index is 13.7. The molecule has 3 aromatic rings. The summed E-state index contributed by atoms with van der Waals surface area (Å²) < 4.78 is 24.3. The molecule has 4 rings (SSSR count). The molecule has 1 heterocycles. The number of rotatable bonds is 4. The maximum Gasteiger partial charge on any atom is 0.191 e. The number of methoxy groups -OCH3 is 1. The average molecular weight is 376 g/mol. The smallest absolute Gasteiger partial charge is 0.191 e. The van der Waals surface area contributed by atoms with Crippen LogP contribution in [0.5, 0.6) is 11.5 Å². The number of hydrogen-bond donors (Lipinski definition) is 1. The van der Waals surface area contributed by atoms with Crippen molar-refractivity contribution >= 4 is 22.8 Å². The van der Waals surface area contributed by atoms with Crippen molar-refractivity contribution in [3.63, 3.8) is 0 Å². The minimum Gasteiger partial charge on any atom is -0.493 e. The second-order valence-corrected chi connectivity index (χ2v) is 6.52. The molecule has 0 atom stereocenters. The highest BCUT2D eigenvalue weighted by molar-refractivity contribution is 6.19. The van der Waals surface area contributed by atoms with Crippen molar-refractivity contribution in [2.24, 2.45) is 0 Å². The number of benzene rings is 2. The van der Waals surface area contributed by atoms with E-state index in [1.54, 1.807) is 24.3 Å². The summed E-state index contributed by atoms with van der Waals surface area (Å²) in [5.74, 6) is 0.496. The van der Waals surface area contributed by atoms with Crippen LogP contribution in [0.4, 0.5) is 4.39 Å². The van der Waals surface area contributed by atoms with Crippen LogP contribution in [0.25, 0.3) is 17.0 Å². The Labute approximate surface area is 161 Å². The number of allylic oxidation sites excluding steroid dienone is 1. The van der Waals surface area contributed by atoms with E-state index in [-0.39, 0.29) is 18.2 Å². The zero-order valence-electron chi connectivity index (χ0n) is 15.2. The number of aryl methyl sites for hydroxylation is 1. The molecule has 0 unspecified atom stereocenters. The van der Waals surface area contributed by atoms with Crippen LogP contribution < -0.4 is 9.47 Å². The second kappa shape index (κ2) is 7.20. The fraction of sp³-hybridized carbons (Fsp3) is 0.182. The summed E-state index contributed by atoms with van der Waals surface area (Å²) in [4.78, 5) is 16.3. The van der Waals surface area contributed by atoms with E-state index in [9.17, 15) is 9.18 Å². The Balaban J connectivity index is 1.70. The van der Waals surface area contributed by atoms with Crippen LogP contribution in [-0.2, 0) is 6.42 Å². The monoisotopic (exact) mass is 376 g/mol. The highest BCUT2D eigenvalue weighted by Crippen LogP contribution is 2.34. The van der Waals surface area contributed by atoms with Crippen LogP contribution in [0.3, 0.4) is 0 Å². The van der Waals surface area contributed by atoms with Gasteiger partial charge in [-0.05, 0) is 54.8 Å². The molecule has 1 N–H and O–H groups in total. The van der Waals surface area contributed by atoms with Gasteiger partial charge in [-0.25, -0.2) is 4.39 Å². The summed E-state index contributed by atoms with van der Waals surface area (Å²) in [6.45, 7) is -0.0742. The highest BCUT2D eigenvalue weighted by Gasteiger charge is 2.26. The lowest BCUT2D eigenvalue weighted by atomic mass is 9.88. The van der Waals surface area contributed by atoms with Gasteiger partial charge in [0.15, 0.2) is 23.9 Å². The largest absolute Gasteiger partial charge is 0.493 e. The normalized spacial score (nSPS) is 14.8. The topological polar surface area (TPSA) is 75.1 Å². The third-order valence-electron chi connectivity index (χ3n) is 4.82. The van der Waals surface area contributed by atoms with Gasteiger partial charge in [-0.3, -0.25) is 4.79 Å². The van der Waals surface area contributed by atoms with Crippen molar-refractivity contribution < 1.29 is 18.7 Å². The Morgan fingerprint density at radius 2 is 2.07 bits per heavy atom. The third kappa shape index (κ3) is 3.12. The van der Waals surface area contributed by atoms with Crippen LogP contribution in [0.1, 0.15) is 28.0 Å². The molecular formula is C22H17FN2O3. The van der Waals surface area contributed by atoms with Gasteiger partial charge in [0.25, 0.3) is 0 Å². The number of ether oxygens (including phenoxy) is 2. The molecule has 5 nitrogen and oxygen atoms in total. The summed E-state index contributed by atoms with van der Waals surface area (Å²) in [7, 11) is 1.52. The first kappa shape index (κ1) is 17.8. The minimum atomic E-state index is -0.365. The molecule has 0 radical (unpaired) electrons. The number of nitrogens with one attached hydrogen (secondary N) is 1. The Hall–Kier alpha value is -3.59. The van der Waals surface area contributed by atoms with Crippen molar-refractivity contribution in [3.05, 3.63) is 64.6 Å². The number of halogens is 1. The Bertz CT molecular complexity index is 1150. The molecule has 0 fully saturated rings. The van der Waals surface area contributed by atoms with Gasteiger partial charge in [0.05, 0.1) is 12.7 Å². The molecule has 0 aliphatic heterocycles. The van der Waals surface area contributed by atoms with Gasteiger partial charge in [0.2, 0.25) is 0 Å². The fourth-order valence-corrected chi connectivity index (χ4v) is 3.54. The first-order valence-electron chi connectivity index (χ1n) is 8.84. The van der Waals surface area contributed by atoms with E-state index in [1.807, 2.05) is 12.1 Å². The van der Waals surface area contributed by atoms with Gasteiger partial charge in [0.1, 0.15) is 11.9 Å². The van der Waals surface area contributed by atoms with Crippen LogP contribution in [0.15, 0.2) is 42.0 Å². The molecule has 1 aromatic heterocycles. The predicted octanol–water partition coefficient (Wildman–Crippen LogP) is 4.43. The summed E-state index contributed by atoms with van der Waals surface area (Å²) in [6.07, 6.45) is 3.10. The lowest BCUT2D eigenvalue weighted by molar-refractivity contribution is 0.102. The van der Waals surface area contributed by atoms with E-state index in [2.05, 4.69) is 4.98 Å². The first-order chi connectivity index (χ1) is 13.6. The number of carbonyl (C=O) groups is 1. The maximum atomic E-state index is 13.7. The zero-order valence-corrected chi connectivity index (χ0v) is 15.2. The van der Waals surface area contributed by atoms with Gasteiger partial charge in [-0.2, -0.15) is 5.26 Å². The van der Waals surface area contributed by atoms with Crippen molar-refractivity contribution in [1.29, 1.82) is 5.26 Å². The van der Waals surface area contributed by atoms with Gasteiger partial charge < -0.3 is 14.5 Å². The van der Waals surface area contributed by atoms with Gasteiger partial charge in [-0.1, -0.05) is 6.07 Å². The standard InChI is InChI=1S/C22H17FN2O3/c1-27-20-11-13(2-7-19(20)28-9-8-24)10-14-3-5-18-21(22(14)26)16-12-15(23)4-6-17(16)25-18/h2,4,6-7,10-12,25H,3,5,9H2,1H3/b14-10+. The molecule has 0 bridgehead atoms. The predicted molar refractivity (Wildman–Crippen MR) is 103 cm³/mol. The van der Waals surface area contributed by atoms with Crippen molar-refractivity contribution in [2.45, 2.75) is 12.8 Å². The van der Waals surface area contributed by atoms with E-state index in [0.717, 1.165) is 16.8 Å². The molecule has 0 saturated heterocycles. The van der Waals surface area contributed by atoms with Crippen LogP contribution in [0.2, 0.25) is 0 Å². The lowest BCUT2D eigenvalue weighted by Gasteiger charge is -2.15. The third-order valence-corrected chi connectivity index (χ3v) is 4.82. The number of aromatic amines is 1. The SMILES string of the molecule is COc1cc(/C=C2\CCc3[nH]c4ccc(F)cc4c3C2=O)ccc1OCC#N. The molecular weight excluding hydrogens is 359 g/mol. The number of hydrogen-bond acceptors (Lipinski definition) is 4. The quantitative estimate of drug-likeness (QED) is 0.684. The number of aromatic nitrogens is 1. The Kier molecular flexibility index (Phi) is 4.58. The average Bonchev–Trinajstić information content (AvgIpc) is 3.07. The van der Waals surface area contributed by atoms with Gasteiger partial charge in [0, 0.05) is 22.2 Å². The summed E-state index contributed by atoms with van der Waals surface area (Å²) in [5.41, 5.74) is 3.61. The number of nitrogens with zero attached hydrogens (tertiary/aromatic N) is 1. The molecule has 0 saturated carbocycles. The zero-order chi connectivity index (χ0) is 19.7. The van der Waals surface area contributed by atoms with E-state index in [1.165, 1.54) is 19.2 Å². The minimum absolute atomic E-state index is 0.0742. The fourth-order valence-electron chi connectivity index (χ4n) is 3.54. The highest BCUT2D eigenvalue weighted by atomic mass is 19.1. The Morgan fingerprint density at radius 3 is 2.86 bits per heavy atom. The van der Waals surface area contributed by atoms with Crippen molar-refractivity contribution in [2.75, 3.05) is 13.7 Å². The molecule has 0 amide bonds. The summed E-state index contributed by atoms with van der Waals surface area (Å²) >= 11 is 0. The Morgan fingerprint density at radius 1 is 1.21 bits per heavy atom. The molecule has 2 aromatic carbocycles. The molecule has 6 heteroatoms. The number of Topliss-reactive ketones (excluding diaryl/α,β-unsaturated/α-hetero) is 1. The molecule has 1 aliphatic rings. The number of carbonyl (C=O) groups excluding carboxylic acids is 1. The van der Waals surface area contributed by atoms with Crippen molar-refractivity contribution in [3.8, 4) is 17.6 Å². The number of H-pyrrole nitrogens is 1. The van der Waals surface area contributed by atoms with E-state index in [0.29, 0.717) is 40.9 Å². The number of nitriles is 1. The summed E-state index contributed by atoms with van der Waals surface area (Å²) in [6, 6.07) is 11.6. The molecule has 1 aliphatic carbocycles. The van der Waals surface area contributed by atoms with Crippen molar-refractivity contribution in [1.82, 2.24) is 4.98 Å². The van der Waals surface area contributed by atoms with Crippen LogP contribution in [0, 0.1) is 17.1 Å². The lowest BCUT2D eigenvalue weighted by Crippen LogP contribution is -2.13. The van der Waals surface area contributed by atoms with Crippen LogP contribution >= 0.6 is 0 Å². The summed E-state index contributed by atoms with van der Waals surface area (Å²) in [5, 5.41) is 9.27. The molecule has 0 spiro atoms. The first-order valence-corrected chi connectivity index (χ1v) is 8.84. The van der Waals surface area contributed by atoms with E-state index in [4.69, 9.17) is 14.7 Å². The number of fused-ring (bicyclic) bond motifs is 3. The van der Waals surface area contributed by atoms with Crippen LogP contribution in [-0.4, -0.2) is 24.5 Å². The van der Waals surface area contributed by atoms with Gasteiger partial charge >= 0.3 is 0 Å². The van der Waals surface area contributed by atoms with E-state index >= 15 is 0 Å². The van der Waals surface area contributed by atoms with Gasteiger partial charge in [-0.15, -0.1) is 0 Å². The van der Waals surface area contributed by atoms with E-state index < -0.39 is 0 Å².